The van der Waals surface area contributed by atoms with Crippen molar-refractivity contribution in [2.75, 3.05) is 6.54 Å². The molecule has 0 radical (unpaired) electrons. The maximum atomic E-state index is 12.6. The monoisotopic (exact) mass is 351 g/mol. The molecule has 26 heavy (non-hydrogen) atoms. The summed E-state index contributed by atoms with van der Waals surface area (Å²) in [6.45, 7) is 5.95. The third-order valence-electron chi connectivity index (χ3n) is 4.46. The minimum absolute atomic E-state index is 0.182. The number of ketones is 1. The highest BCUT2D eigenvalue weighted by atomic mass is 16.6. The number of carbonyl (C=O) groups is 2. The summed E-state index contributed by atoms with van der Waals surface area (Å²) in [6, 6.07) is 17.9. The molecule has 136 valence electrons. The minimum atomic E-state index is -0.555. The Labute approximate surface area is 154 Å². The molecule has 2 aromatic carbocycles. The van der Waals surface area contributed by atoms with Crippen LogP contribution in [0.3, 0.4) is 0 Å². The summed E-state index contributed by atoms with van der Waals surface area (Å²) in [6.07, 6.45) is 0.365. The average Bonchev–Trinajstić information content (AvgIpc) is 2.61. The maximum absolute atomic E-state index is 12.6. The van der Waals surface area contributed by atoms with Gasteiger partial charge in [-0.05, 0) is 37.5 Å². The van der Waals surface area contributed by atoms with Gasteiger partial charge in [0.2, 0.25) is 0 Å². The number of likely N-dealkylation sites (tertiary alicyclic amines) is 1. The van der Waals surface area contributed by atoms with Crippen molar-refractivity contribution in [1.82, 2.24) is 4.90 Å². The van der Waals surface area contributed by atoms with Crippen molar-refractivity contribution in [2.24, 2.45) is 0 Å². The zero-order valence-electron chi connectivity index (χ0n) is 15.6. The molecule has 1 fully saturated rings. The second-order valence-corrected chi connectivity index (χ2v) is 7.67. The Kier molecular flexibility index (Phi) is 5.12. The molecule has 0 spiro atoms. The summed E-state index contributed by atoms with van der Waals surface area (Å²) in [4.78, 5) is 26.3. The first kappa shape index (κ1) is 18.2. The van der Waals surface area contributed by atoms with E-state index in [9.17, 15) is 9.59 Å². The zero-order chi connectivity index (χ0) is 18.7. The molecule has 0 aromatic heterocycles. The summed E-state index contributed by atoms with van der Waals surface area (Å²) < 4.78 is 5.53. The van der Waals surface area contributed by atoms with Gasteiger partial charge in [0.1, 0.15) is 11.4 Å². The van der Waals surface area contributed by atoms with Gasteiger partial charge in [0, 0.05) is 19.4 Å². The molecular weight excluding hydrogens is 326 g/mol. The van der Waals surface area contributed by atoms with Crippen LogP contribution in [0.15, 0.2) is 54.6 Å². The van der Waals surface area contributed by atoms with E-state index in [0.29, 0.717) is 19.4 Å². The number of Topliss-reactive ketones (excluding diaryl/α,β-unsaturated/α-hetero) is 1. The lowest BCUT2D eigenvalue weighted by Crippen LogP contribution is -2.43. The van der Waals surface area contributed by atoms with Crippen LogP contribution in [0.25, 0.3) is 11.1 Å². The highest BCUT2D eigenvalue weighted by Gasteiger charge is 2.34. The Morgan fingerprint density at radius 1 is 1.00 bits per heavy atom. The highest BCUT2D eigenvalue weighted by Crippen LogP contribution is 2.32. The fraction of sp³-hybridized carbons (Fsp3) is 0.364. The van der Waals surface area contributed by atoms with E-state index < -0.39 is 5.60 Å². The van der Waals surface area contributed by atoms with E-state index in [0.717, 1.165) is 16.7 Å². The Hall–Kier alpha value is -2.62. The Bertz CT molecular complexity index is 775. The van der Waals surface area contributed by atoms with Gasteiger partial charge >= 0.3 is 6.09 Å². The summed E-state index contributed by atoms with van der Waals surface area (Å²) in [5.74, 6) is 0.182. The van der Waals surface area contributed by atoms with Crippen molar-refractivity contribution in [3.8, 4) is 11.1 Å². The van der Waals surface area contributed by atoms with Crippen molar-refractivity contribution >= 4 is 11.9 Å². The third-order valence-corrected chi connectivity index (χ3v) is 4.46. The van der Waals surface area contributed by atoms with Crippen molar-refractivity contribution in [3.05, 3.63) is 60.2 Å². The molecule has 0 N–H and O–H groups in total. The number of piperidine rings is 1. The smallest absolute Gasteiger partial charge is 0.410 e. The fourth-order valence-corrected chi connectivity index (χ4v) is 3.19. The molecule has 1 saturated heterocycles. The summed E-state index contributed by atoms with van der Waals surface area (Å²) >= 11 is 0. The average molecular weight is 351 g/mol. The van der Waals surface area contributed by atoms with Gasteiger partial charge in [-0.15, -0.1) is 0 Å². The topological polar surface area (TPSA) is 46.6 Å². The number of rotatable bonds is 2. The third kappa shape index (κ3) is 4.31. The largest absolute Gasteiger partial charge is 0.444 e. The molecule has 1 heterocycles. The number of hydrogen-bond donors (Lipinski definition) is 0. The molecule has 1 amide bonds. The number of hydrogen-bond acceptors (Lipinski definition) is 3. The van der Waals surface area contributed by atoms with Crippen LogP contribution < -0.4 is 0 Å². The molecule has 0 aliphatic carbocycles. The first-order chi connectivity index (χ1) is 12.3. The molecule has 3 rings (SSSR count). The molecule has 1 atom stereocenters. The predicted molar refractivity (Wildman–Crippen MR) is 102 cm³/mol. The van der Waals surface area contributed by atoms with Crippen LogP contribution in [-0.2, 0) is 9.53 Å². The van der Waals surface area contributed by atoms with Crippen molar-refractivity contribution in [1.29, 1.82) is 0 Å². The second kappa shape index (κ2) is 7.32. The lowest BCUT2D eigenvalue weighted by Gasteiger charge is -2.36. The van der Waals surface area contributed by atoms with Gasteiger partial charge in [-0.1, -0.05) is 54.6 Å². The normalized spacial score (nSPS) is 17.9. The molecule has 4 heteroatoms. The lowest BCUT2D eigenvalue weighted by molar-refractivity contribution is -0.123. The van der Waals surface area contributed by atoms with Crippen LogP contribution in [-0.4, -0.2) is 28.9 Å². The SMILES string of the molecule is CC(C)(C)OC(=O)N1CCC(=O)C[C@@H]1c1ccc(-c2ccccc2)cc1. The van der Waals surface area contributed by atoms with Crippen LogP contribution in [0.5, 0.6) is 0 Å². The summed E-state index contributed by atoms with van der Waals surface area (Å²) in [5.41, 5.74) is 2.66. The molecule has 2 aromatic rings. The highest BCUT2D eigenvalue weighted by molar-refractivity contribution is 5.82. The van der Waals surface area contributed by atoms with E-state index in [2.05, 4.69) is 12.1 Å². The molecule has 4 nitrogen and oxygen atoms in total. The van der Waals surface area contributed by atoms with Gasteiger partial charge in [-0.25, -0.2) is 4.79 Å². The summed E-state index contributed by atoms with van der Waals surface area (Å²) in [5, 5.41) is 0. The Balaban J connectivity index is 1.84. The van der Waals surface area contributed by atoms with E-state index in [1.807, 2.05) is 63.2 Å². The molecule has 0 unspecified atom stereocenters. The van der Waals surface area contributed by atoms with E-state index >= 15 is 0 Å². The first-order valence-electron chi connectivity index (χ1n) is 9.00. The number of ether oxygens (including phenoxy) is 1. The van der Waals surface area contributed by atoms with Gasteiger partial charge < -0.3 is 9.64 Å². The lowest BCUT2D eigenvalue weighted by atomic mass is 9.93. The van der Waals surface area contributed by atoms with Gasteiger partial charge in [0.15, 0.2) is 0 Å². The molecule has 0 saturated carbocycles. The number of amides is 1. The van der Waals surface area contributed by atoms with E-state index in [1.165, 1.54) is 0 Å². The number of carbonyl (C=O) groups excluding carboxylic acids is 2. The fourth-order valence-electron chi connectivity index (χ4n) is 3.19. The van der Waals surface area contributed by atoms with Gasteiger partial charge in [-0.2, -0.15) is 0 Å². The molecule has 0 bridgehead atoms. The van der Waals surface area contributed by atoms with Crippen LogP contribution in [0.4, 0.5) is 4.79 Å². The maximum Gasteiger partial charge on any atom is 0.410 e. The Morgan fingerprint density at radius 2 is 1.62 bits per heavy atom. The minimum Gasteiger partial charge on any atom is -0.444 e. The second-order valence-electron chi connectivity index (χ2n) is 7.67. The first-order valence-corrected chi connectivity index (χ1v) is 9.00. The van der Waals surface area contributed by atoms with Gasteiger partial charge in [0.25, 0.3) is 0 Å². The van der Waals surface area contributed by atoms with Crippen molar-refractivity contribution in [2.45, 2.75) is 45.3 Å². The Morgan fingerprint density at radius 3 is 2.23 bits per heavy atom. The number of benzene rings is 2. The standard InChI is InChI=1S/C22H25NO3/c1-22(2,3)26-21(25)23-14-13-19(24)15-20(23)18-11-9-17(10-12-18)16-7-5-4-6-8-16/h4-12,20H,13-15H2,1-3H3/t20-/m1/s1. The van der Waals surface area contributed by atoms with Gasteiger partial charge in [0.05, 0.1) is 6.04 Å². The van der Waals surface area contributed by atoms with Crippen LogP contribution >= 0.6 is 0 Å². The number of nitrogens with zero attached hydrogens (tertiary/aromatic N) is 1. The van der Waals surface area contributed by atoms with E-state index in [-0.39, 0.29) is 17.9 Å². The van der Waals surface area contributed by atoms with E-state index in [4.69, 9.17) is 4.74 Å². The molecule has 1 aliphatic rings. The van der Waals surface area contributed by atoms with Gasteiger partial charge in [-0.3, -0.25) is 4.79 Å². The van der Waals surface area contributed by atoms with Crippen LogP contribution in [0, 0.1) is 0 Å². The van der Waals surface area contributed by atoms with E-state index in [1.54, 1.807) is 4.90 Å². The van der Waals surface area contributed by atoms with Crippen molar-refractivity contribution in [3.63, 3.8) is 0 Å². The van der Waals surface area contributed by atoms with Crippen molar-refractivity contribution < 1.29 is 14.3 Å². The van der Waals surface area contributed by atoms with Crippen LogP contribution in [0.2, 0.25) is 0 Å². The van der Waals surface area contributed by atoms with Crippen LogP contribution in [0.1, 0.15) is 45.2 Å². The molecule has 1 aliphatic heterocycles. The zero-order valence-corrected chi connectivity index (χ0v) is 15.6. The molecular formula is C22H25NO3. The predicted octanol–water partition coefficient (Wildman–Crippen LogP) is 4.99. The quantitative estimate of drug-likeness (QED) is 0.765. The summed E-state index contributed by atoms with van der Waals surface area (Å²) in [7, 11) is 0.